The average molecular weight is 535 g/mol. The second kappa shape index (κ2) is 11.8. The van der Waals surface area contributed by atoms with E-state index in [-0.39, 0.29) is 0 Å². The molecule has 1 aliphatic heterocycles. The minimum Gasteiger partial charge on any atom is -0.383 e. The number of aromatic amines is 1. The molecule has 9 nitrogen and oxygen atoms in total. The number of rotatable bonds is 10. The Hall–Kier alpha value is -4.34. The topological polar surface area (TPSA) is 88.0 Å². The van der Waals surface area contributed by atoms with Gasteiger partial charge in [-0.1, -0.05) is 78.9 Å². The highest BCUT2D eigenvalue weighted by Crippen LogP contribution is 2.31. The van der Waals surface area contributed by atoms with Gasteiger partial charge in [-0.3, -0.25) is 4.90 Å². The van der Waals surface area contributed by atoms with Crippen LogP contribution in [0.3, 0.4) is 0 Å². The van der Waals surface area contributed by atoms with Gasteiger partial charge >= 0.3 is 0 Å². The molecule has 2 aromatic heterocycles. The van der Waals surface area contributed by atoms with Gasteiger partial charge in [0.2, 0.25) is 5.82 Å². The number of ether oxygens (including phenoxy) is 1. The maximum atomic E-state index is 5.41. The summed E-state index contributed by atoms with van der Waals surface area (Å²) in [5.41, 5.74) is 6.99. The lowest BCUT2D eigenvalue weighted by Gasteiger charge is -2.36. The minimum atomic E-state index is 0.593. The molecule has 0 aliphatic carbocycles. The first-order valence-electron chi connectivity index (χ1n) is 13.7. The number of H-pyrrole nitrogens is 1. The Kier molecular flexibility index (Phi) is 7.65. The third-order valence-corrected chi connectivity index (χ3v) is 7.53. The van der Waals surface area contributed by atoms with Crippen molar-refractivity contribution < 1.29 is 4.74 Å². The van der Waals surface area contributed by atoms with Crippen LogP contribution in [0.2, 0.25) is 0 Å². The first-order valence-corrected chi connectivity index (χ1v) is 13.7. The molecule has 0 bridgehead atoms. The van der Waals surface area contributed by atoms with Crippen molar-refractivity contribution in [3.05, 3.63) is 102 Å². The molecule has 6 rings (SSSR count). The van der Waals surface area contributed by atoms with Gasteiger partial charge in [-0.05, 0) is 40.8 Å². The van der Waals surface area contributed by atoms with E-state index in [1.165, 1.54) is 16.8 Å². The quantitative estimate of drug-likeness (QED) is 0.281. The SMILES string of the molecule is COCCN1Cc2c(nc(C)n2Cc2ccc(-c3ccccc3-c3nn[nH]n3)cc2)N(CCc2ccccc2)C1. The number of hydrogen-bond donors (Lipinski definition) is 1. The van der Waals surface area contributed by atoms with Gasteiger partial charge in [0.15, 0.2) is 5.82 Å². The van der Waals surface area contributed by atoms with Gasteiger partial charge in [0.1, 0.15) is 5.82 Å². The molecule has 9 heteroatoms. The molecule has 0 spiro atoms. The van der Waals surface area contributed by atoms with Gasteiger partial charge in [-0.2, -0.15) is 5.21 Å². The molecule has 204 valence electrons. The van der Waals surface area contributed by atoms with Crippen LogP contribution in [-0.2, 0) is 24.2 Å². The molecule has 0 fully saturated rings. The molecule has 1 N–H and O–H groups in total. The molecule has 5 aromatic rings. The van der Waals surface area contributed by atoms with E-state index in [0.717, 1.165) is 67.6 Å². The summed E-state index contributed by atoms with van der Waals surface area (Å²) in [4.78, 5) is 9.94. The number of benzene rings is 3. The maximum Gasteiger partial charge on any atom is 0.205 e. The first-order chi connectivity index (χ1) is 19.7. The minimum absolute atomic E-state index is 0.593. The molecule has 1 aliphatic rings. The predicted octanol–water partition coefficient (Wildman–Crippen LogP) is 4.56. The summed E-state index contributed by atoms with van der Waals surface area (Å²) in [5.74, 6) is 2.73. The highest BCUT2D eigenvalue weighted by atomic mass is 16.5. The number of aromatic nitrogens is 6. The van der Waals surface area contributed by atoms with Gasteiger partial charge in [0, 0.05) is 38.9 Å². The molecular formula is C31H34N8O. The first kappa shape index (κ1) is 25.9. The summed E-state index contributed by atoms with van der Waals surface area (Å²) in [5, 5.41) is 14.6. The van der Waals surface area contributed by atoms with Crippen LogP contribution < -0.4 is 4.90 Å². The summed E-state index contributed by atoms with van der Waals surface area (Å²) >= 11 is 0. The Morgan fingerprint density at radius 3 is 2.40 bits per heavy atom. The van der Waals surface area contributed by atoms with Crippen LogP contribution in [-0.4, -0.2) is 68.6 Å². The number of imidazole rings is 1. The zero-order chi connectivity index (χ0) is 27.3. The fraction of sp³-hybridized carbons (Fsp3) is 0.290. The van der Waals surface area contributed by atoms with Crippen molar-refractivity contribution in [3.8, 4) is 22.5 Å². The number of nitrogens with one attached hydrogen (secondary N) is 1. The van der Waals surface area contributed by atoms with Crippen LogP contribution >= 0.6 is 0 Å². The van der Waals surface area contributed by atoms with E-state index < -0.39 is 0 Å². The molecule has 0 saturated heterocycles. The van der Waals surface area contributed by atoms with Crippen molar-refractivity contribution in [1.29, 1.82) is 0 Å². The smallest absolute Gasteiger partial charge is 0.205 e. The molecule has 0 atom stereocenters. The van der Waals surface area contributed by atoms with E-state index >= 15 is 0 Å². The van der Waals surface area contributed by atoms with Crippen LogP contribution in [0.15, 0.2) is 78.9 Å². The van der Waals surface area contributed by atoms with E-state index in [4.69, 9.17) is 9.72 Å². The fourth-order valence-electron chi connectivity index (χ4n) is 5.42. The van der Waals surface area contributed by atoms with E-state index in [0.29, 0.717) is 12.4 Å². The Bertz CT molecular complexity index is 1530. The number of anilines is 1. The highest BCUT2D eigenvalue weighted by molar-refractivity contribution is 5.80. The molecule has 0 unspecified atom stereocenters. The molecule has 0 saturated carbocycles. The van der Waals surface area contributed by atoms with E-state index in [2.05, 4.69) is 103 Å². The van der Waals surface area contributed by atoms with Gasteiger partial charge in [0.25, 0.3) is 0 Å². The standard InChI is InChI=1S/C31H34N8O/c1-23-32-31-29(21-37(18-19-40-2)22-38(31)17-16-24-8-4-3-5-9-24)39(23)20-25-12-14-26(15-13-25)27-10-6-7-11-28(27)30-33-35-36-34-30/h3-15H,16-22H2,1-2H3,(H,33,34,35,36). The van der Waals surface area contributed by atoms with Crippen LogP contribution in [0.5, 0.6) is 0 Å². The Morgan fingerprint density at radius 2 is 1.65 bits per heavy atom. The predicted molar refractivity (Wildman–Crippen MR) is 156 cm³/mol. The van der Waals surface area contributed by atoms with Crippen LogP contribution in [0.1, 0.15) is 22.6 Å². The van der Waals surface area contributed by atoms with Crippen molar-refractivity contribution in [2.45, 2.75) is 26.4 Å². The zero-order valence-electron chi connectivity index (χ0n) is 23.0. The van der Waals surface area contributed by atoms with Crippen LogP contribution in [0, 0.1) is 6.92 Å². The van der Waals surface area contributed by atoms with Gasteiger partial charge < -0.3 is 14.2 Å². The lowest BCUT2D eigenvalue weighted by atomic mass is 9.98. The van der Waals surface area contributed by atoms with Crippen molar-refractivity contribution in [3.63, 3.8) is 0 Å². The fourth-order valence-corrected chi connectivity index (χ4v) is 5.42. The Morgan fingerprint density at radius 1 is 0.875 bits per heavy atom. The average Bonchev–Trinajstić information content (AvgIpc) is 3.64. The molecule has 0 amide bonds. The van der Waals surface area contributed by atoms with Crippen molar-refractivity contribution in [1.82, 2.24) is 35.1 Å². The summed E-state index contributed by atoms with van der Waals surface area (Å²) in [7, 11) is 1.77. The number of aryl methyl sites for hydroxylation is 1. The number of hydrogen-bond acceptors (Lipinski definition) is 7. The van der Waals surface area contributed by atoms with Crippen molar-refractivity contribution in [2.75, 3.05) is 38.4 Å². The van der Waals surface area contributed by atoms with E-state index in [1.807, 2.05) is 18.2 Å². The van der Waals surface area contributed by atoms with E-state index in [1.54, 1.807) is 7.11 Å². The number of fused-ring (bicyclic) bond motifs is 1. The van der Waals surface area contributed by atoms with Gasteiger partial charge in [-0.15, -0.1) is 10.2 Å². The Balaban J connectivity index is 1.25. The normalized spacial score (nSPS) is 13.5. The molecule has 40 heavy (non-hydrogen) atoms. The summed E-state index contributed by atoms with van der Waals surface area (Å²) in [6.07, 6.45) is 0.983. The van der Waals surface area contributed by atoms with Crippen LogP contribution in [0.25, 0.3) is 22.5 Å². The number of methoxy groups -OCH3 is 1. The third kappa shape index (κ3) is 5.52. The van der Waals surface area contributed by atoms with Crippen molar-refractivity contribution >= 4 is 5.82 Å². The lowest BCUT2D eigenvalue weighted by Crippen LogP contribution is -2.45. The molecule has 0 radical (unpaired) electrons. The summed E-state index contributed by atoms with van der Waals surface area (Å²) < 4.78 is 7.78. The zero-order valence-corrected chi connectivity index (χ0v) is 23.0. The Labute approximate surface area is 234 Å². The monoisotopic (exact) mass is 534 g/mol. The van der Waals surface area contributed by atoms with Gasteiger partial charge in [-0.25, -0.2) is 4.98 Å². The van der Waals surface area contributed by atoms with Crippen molar-refractivity contribution in [2.24, 2.45) is 0 Å². The van der Waals surface area contributed by atoms with Gasteiger partial charge in [0.05, 0.1) is 19.0 Å². The second-order valence-electron chi connectivity index (χ2n) is 10.2. The molecular weight excluding hydrogens is 500 g/mol. The summed E-state index contributed by atoms with van der Waals surface area (Å²) in [6.45, 7) is 7.11. The molecule has 3 aromatic carbocycles. The number of tetrazole rings is 1. The molecule has 3 heterocycles. The maximum absolute atomic E-state index is 5.41. The second-order valence-corrected chi connectivity index (χ2v) is 10.2. The number of nitrogens with zero attached hydrogens (tertiary/aromatic N) is 7. The summed E-state index contributed by atoms with van der Waals surface area (Å²) in [6, 6.07) is 27.6. The largest absolute Gasteiger partial charge is 0.383 e. The third-order valence-electron chi connectivity index (χ3n) is 7.53. The van der Waals surface area contributed by atoms with Crippen LogP contribution in [0.4, 0.5) is 5.82 Å². The lowest BCUT2D eigenvalue weighted by molar-refractivity contribution is 0.138. The highest BCUT2D eigenvalue weighted by Gasteiger charge is 2.28. The van der Waals surface area contributed by atoms with E-state index in [9.17, 15) is 0 Å².